The van der Waals surface area contributed by atoms with Gasteiger partial charge in [0.25, 0.3) is 0 Å². The fraction of sp³-hybridized carbons (Fsp3) is 0.400. The zero-order valence-corrected chi connectivity index (χ0v) is 11.5. The Morgan fingerprint density at radius 2 is 2.15 bits per heavy atom. The summed E-state index contributed by atoms with van der Waals surface area (Å²) in [6, 6.07) is 4.99. The van der Waals surface area contributed by atoms with E-state index in [-0.39, 0.29) is 12.3 Å². The molecule has 1 aliphatic heterocycles. The number of nitrogens with two attached hydrogens (primary N) is 1. The van der Waals surface area contributed by atoms with Crippen molar-refractivity contribution >= 4 is 5.91 Å². The quantitative estimate of drug-likeness (QED) is 0.824. The van der Waals surface area contributed by atoms with E-state index in [0.29, 0.717) is 25.5 Å². The average molecular weight is 274 g/mol. The van der Waals surface area contributed by atoms with Crippen molar-refractivity contribution in [3.8, 4) is 23.8 Å². The summed E-state index contributed by atoms with van der Waals surface area (Å²) in [5.74, 6) is 3.68. The molecule has 2 N–H and O–H groups in total. The Kier molecular flexibility index (Phi) is 4.49. The Balaban J connectivity index is 2.03. The van der Waals surface area contributed by atoms with Crippen molar-refractivity contribution in [2.24, 2.45) is 5.73 Å². The maximum absolute atomic E-state index is 12.0. The van der Waals surface area contributed by atoms with Crippen LogP contribution in [-0.4, -0.2) is 37.1 Å². The van der Waals surface area contributed by atoms with Gasteiger partial charge in [-0.3, -0.25) is 4.79 Å². The molecule has 0 fully saturated rings. The first-order chi connectivity index (χ1) is 9.61. The third kappa shape index (κ3) is 3.22. The third-order valence-electron chi connectivity index (χ3n) is 3.06. The first kappa shape index (κ1) is 14.2. The number of hydrogen-bond acceptors (Lipinski definition) is 4. The van der Waals surface area contributed by atoms with Gasteiger partial charge in [0.1, 0.15) is 13.2 Å². The van der Waals surface area contributed by atoms with Gasteiger partial charge in [-0.05, 0) is 17.7 Å². The lowest BCUT2D eigenvalue weighted by Crippen LogP contribution is -2.41. The van der Waals surface area contributed by atoms with Crippen LogP contribution in [0.5, 0.6) is 11.5 Å². The van der Waals surface area contributed by atoms with E-state index in [4.69, 9.17) is 21.6 Å². The largest absolute Gasteiger partial charge is 0.486 e. The van der Waals surface area contributed by atoms with Crippen molar-refractivity contribution in [3.63, 3.8) is 0 Å². The molecule has 5 heteroatoms. The predicted molar refractivity (Wildman–Crippen MR) is 75.3 cm³/mol. The van der Waals surface area contributed by atoms with Gasteiger partial charge in [0, 0.05) is 20.0 Å². The van der Waals surface area contributed by atoms with Crippen molar-refractivity contribution in [1.82, 2.24) is 4.90 Å². The van der Waals surface area contributed by atoms with Gasteiger partial charge in [0.15, 0.2) is 11.5 Å². The molecular formula is C15H18N2O3. The highest BCUT2D eigenvalue weighted by atomic mass is 16.6. The molecule has 1 heterocycles. The second-order valence-corrected chi connectivity index (χ2v) is 4.69. The molecular weight excluding hydrogens is 256 g/mol. The van der Waals surface area contributed by atoms with Gasteiger partial charge in [-0.25, -0.2) is 0 Å². The van der Waals surface area contributed by atoms with E-state index in [1.165, 1.54) is 0 Å². The highest BCUT2D eigenvalue weighted by Gasteiger charge is 2.18. The van der Waals surface area contributed by atoms with Crippen LogP contribution in [0.15, 0.2) is 18.2 Å². The molecule has 0 saturated carbocycles. The standard InChI is InChI=1S/C15H18N2O3/c1-3-4-12(16)15(18)17(2)10-11-5-6-13-14(9-11)20-8-7-19-13/h1,5-6,9,12H,4,7-8,10,16H2,2H3. The number of carbonyl (C=O) groups is 1. The molecule has 0 saturated heterocycles. The SMILES string of the molecule is C#CCC(N)C(=O)N(C)Cc1ccc2c(c1)OCCO2. The van der Waals surface area contributed by atoms with Crippen LogP contribution in [0.2, 0.25) is 0 Å². The lowest BCUT2D eigenvalue weighted by Gasteiger charge is -2.22. The summed E-state index contributed by atoms with van der Waals surface area (Å²) < 4.78 is 11.0. The maximum Gasteiger partial charge on any atom is 0.240 e. The smallest absolute Gasteiger partial charge is 0.240 e. The number of terminal acetylenes is 1. The molecule has 2 rings (SSSR count). The highest BCUT2D eigenvalue weighted by molar-refractivity contribution is 5.81. The van der Waals surface area contributed by atoms with Crippen molar-refractivity contribution < 1.29 is 14.3 Å². The van der Waals surface area contributed by atoms with Crippen molar-refractivity contribution in [1.29, 1.82) is 0 Å². The monoisotopic (exact) mass is 274 g/mol. The Hall–Kier alpha value is -2.19. The summed E-state index contributed by atoms with van der Waals surface area (Å²) in [6.07, 6.45) is 5.41. The average Bonchev–Trinajstić information content (AvgIpc) is 2.46. The molecule has 1 amide bonds. The van der Waals surface area contributed by atoms with Gasteiger partial charge in [-0.2, -0.15) is 0 Å². The van der Waals surface area contributed by atoms with Gasteiger partial charge in [0.05, 0.1) is 6.04 Å². The maximum atomic E-state index is 12.0. The van der Waals surface area contributed by atoms with Crippen LogP contribution in [0, 0.1) is 12.3 Å². The predicted octanol–water partition coefficient (Wildman–Crippen LogP) is 0.767. The normalized spacial score (nSPS) is 14.2. The zero-order chi connectivity index (χ0) is 14.5. The molecule has 20 heavy (non-hydrogen) atoms. The summed E-state index contributed by atoms with van der Waals surface area (Å²) >= 11 is 0. The number of ether oxygens (including phenoxy) is 2. The topological polar surface area (TPSA) is 64.8 Å². The van der Waals surface area contributed by atoms with Crippen LogP contribution >= 0.6 is 0 Å². The molecule has 0 bridgehead atoms. The zero-order valence-electron chi connectivity index (χ0n) is 11.5. The number of carbonyl (C=O) groups excluding carboxylic acids is 1. The summed E-state index contributed by atoms with van der Waals surface area (Å²) in [5, 5.41) is 0. The first-order valence-corrected chi connectivity index (χ1v) is 6.44. The van der Waals surface area contributed by atoms with Crippen LogP contribution in [0.4, 0.5) is 0 Å². The number of fused-ring (bicyclic) bond motifs is 1. The molecule has 0 spiro atoms. The number of nitrogens with zero attached hydrogens (tertiary/aromatic N) is 1. The van der Waals surface area contributed by atoms with Gasteiger partial charge >= 0.3 is 0 Å². The fourth-order valence-corrected chi connectivity index (χ4v) is 2.04. The number of likely N-dealkylation sites (N-methyl/N-ethyl adjacent to an activating group) is 1. The number of amides is 1. The van der Waals surface area contributed by atoms with Crippen molar-refractivity contribution in [2.75, 3.05) is 20.3 Å². The molecule has 1 aromatic carbocycles. The van der Waals surface area contributed by atoms with E-state index in [0.717, 1.165) is 11.3 Å². The summed E-state index contributed by atoms with van der Waals surface area (Å²) in [5.41, 5.74) is 6.67. The second-order valence-electron chi connectivity index (χ2n) is 4.69. The fourth-order valence-electron chi connectivity index (χ4n) is 2.04. The second kappa shape index (κ2) is 6.31. The van der Waals surface area contributed by atoms with Crippen molar-refractivity contribution in [2.45, 2.75) is 19.0 Å². The van der Waals surface area contributed by atoms with E-state index >= 15 is 0 Å². The van der Waals surface area contributed by atoms with Gasteiger partial charge < -0.3 is 20.1 Å². The minimum absolute atomic E-state index is 0.169. The van der Waals surface area contributed by atoms with Gasteiger partial charge in [-0.1, -0.05) is 6.07 Å². The minimum Gasteiger partial charge on any atom is -0.486 e. The summed E-state index contributed by atoms with van der Waals surface area (Å²) in [7, 11) is 1.70. The van der Waals surface area contributed by atoms with Crippen LogP contribution in [-0.2, 0) is 11.3 Å². The molecule has 1 aliphatic rings. The van der Waals surface area contributed by atoms with Crippen LogP contribution in [0.25, 0.3) is 0 Å². The molecule has 1 unspecified atom stereocenters. The first-order valence-electron chi connectivity index (χ1n) is 6.44. The lowest BCUT2D eigenvalue weighted by atomic mass is 10.1. The van der Waals surface area contributed by atoms with E-state index in [9.17, 15) is 4.79 Å². The summed E-state index contributed by atoms with van der Waals surface area (Å²) in [4.78, 5) is 13.5. The lowest BCUT2D eigenvalue weighted by molar-refractivity contribution is -0.131. The number of hydrogen-bond donors (Lipinski definition) is 1. The van der Waals surface area contributed by atoms with Gasteiger partial charge in [0.2, 0.25) is 5.91 Å². The molecule has 1 atom stereocenters. The minimum atomic E-state index is -0.651. The third-order valence-corrected chi connectivity index (χ3v) is 3.06. The molecule has 1 aromatic rings. The molecule has 5 nitrogen and oxygen atoms in total. The molecule has 0 aromatic heterocycles. The Labute approximate surface area is 118 Å². The molecule has 0 aliphatic carbocycles. The molecule has 106 valence electrons. The van der Waals surface area contributed by atoms with Crippen LogP contribution in [0.1, 0.15) is 12.0 Å². The summed E-state index contributed by atoms with van der Waals surface area (Å²) in [6.45, 7) is 1.55. The van der Waals surface area contributed by atoms with Crippen LogP contribution in [0.3, 0.4) is 0 Å². The Morgan fingerprint density at radius 3 is 2.85 bits per heavy atom. The van der Waals surface area contributed by atoms with E-state index in [1.807, 2.05) is 18.2 Å². The van der Waals surface area contributed by atoms with Crippen molar-refractivity contribution in [3.05, 3.63) is 23.8 Å². The Bertz CT molecular complexity index is 536. The van der Waals surface area contributed by atoms with Gasteiger partial charge in [-0.15, -0.1) is 12.3 Å². The highest BCUT2D eigenvalue weighted by Crippen LogP contribution is 2.31. The van der Waals surface area contributed by atoms with E-state index < -0.39 is 6.04 Å². The van der Waals surface area contributed by atoms with Crippen LogP contribution < -0.4 is 15.2 Å². The van der Waals surface area contributed by atoms with E-state index in [1.54, 1.807) is 11.9 Å². The van der Waals surface area contributed by atoms with E-state index in [2.05, 4.69) is 5.92 Å². The number of benzene rings is 1. The Morgan fingerprint density at radius 1 is 1.45 bits per heavy atom. The number of rotatable bonds is 4. The molecule has 0 radical (unpaired) electrons.